The molecule has 0 atom stereocenters. The Bertz CT molecular complexity index is 1020. The van der Waals surface area contributed by atoms with Gasteiger partial charge in [0.15, 0.2) is 10.6 Å². The molecule has 3 aromatic rings. The molecule has 1 amide bonds. The molecule has 1 aliphatic carbocycles. The van der Waals surface area contributed by atoms with Gasteiger partial charge in [0.2, 0.25) is 0 Å². The molecule has 28 heavy (non-hydrogen) atoms. The highest BCUT2D eigenvalue weighted by molar-refractivity contribution is 7.71. The molecule has 1 N–H and O–H groups in total. The average molecular weight is 414 g/mol. The van der Waals surface area contributed by atoms with E-state index in [9.17, 15) is 4.79 Å². The highest BCUT2D eigenvalue weighted by atomic mass is 32.1. The molecular formula is C20H23N5OS2. The Morgan fingerprint density at radius 2 is 2.07 bits per heavy atom. The van der Waals surface area contributed by atoms with E-state index < -0.39 is 0 Å². The van der Waals surface area contributed by atoms with E-state index in [1.807, 2.05) is 35.0 Å². The number of thiophene rings is 1. The molecule has 1 saturated carbocycles. The van der Waals surface area contributed by atoms with Gasteiger partial charge in [0.05, 0.1) is 11.5 Å². The van der Waals surface area contributed by atoms with Crippen LogP contribution in [0.2, 0.25) is 0 Å². The summed E-state index contributed by atoms with van der Waals surface area (Å²) in [6.07, 6.45) is 2.35. The maximum Gasteiger partial charge on any atom is 0.251 e. The van der Waals surface area contributed by atoms with E-state index in [0.717, 1.165) is 27.6 Å². The van der Waals surface area contributed by atoms with Crippen molar-refractivity contribution in [2.24, 2.45) is 0 Å². The van der Waals surface area contributed by atoms with Crippen LogP contribution in [0.4, 0.5) is 0 Å². The molecule has 1 fully saturated rings. The molecule has 8 heteroatoms. The first kappa shape index (κ1) is 19.0. The van der Waals surface area contributed by atoms with Crippen LogP contribution >= 0.6 is 23.6 Å². The van der Waals surface area contributed by atoms with Gasteiger partial charge in [-0.25, -0.2) is 4.68 Å². The second-order valence-corrected chi connectivity index (χ2v) is 8.43. The fourth-order valence-electron chi connectivity index (χ4n) is 3.24. The van der Waals surface area contributed by atoms with Crippen molar-refractivity contribution >= 4 is 29.5 Å². The molecular weight excluding hydrogens is 390 g/mol. The monoisotopic (exact) mass is 413 g/mol. The molecule has 6 nitrogen and oxygen atoms in total. The summed E-state index contributed by atoms with van der Waals surface area (Å²) in [5.74, 6) is 0.906. The van der Waals surface area contributed by atoms with Gasteiger partial charge in [-0.15, -0.1) is 16.4 Å². The Hall–Kier alpha value is -2.29. The third-order valence-electron chi connectivity index (χ3n) is 4.80. The summed E-state index contributed by atoms with van der Waals surface area (Å²) >= 11 is 7.44. The fourth-order valence-corrected chi connectivity index (χ4v) is 4.28. The summed E-state index contributed by atoms with van der Waals surface area (Å²) in [7, 11) is 3.69. The highest BCUT2D eigenvalue weighted by Gasteiger charge is 2.29. The molecule has 0 unspecified atom stereocenters. The summed E-state index contributed by atoms with van der Waals surface area (Å²) in [5.41, 5.74) is 1.81. The first-order chi connectivity index (χ1) is 13.6. The third kappa shape index (κ3) is 3.94. The molecule has 1 aliphatic rings. The van der Waals surface area contributed by atoms with Gasteiger partial charge in [0, 0.05) is 25.2 Å². The molecule has 0 saturated heterocycles. The van der Waals surface area contributed by atoms with Gasteiger partial charge >= 0.3 is 0 Å². The minimum atomic E-state index is -0.0714. The van der Waals surface area contributed by atoms with Crippen LogP contribution in [0.25, 0.3) is 10.7 Å². The number of nitrogens with one attached hydrogen (secondary N) is 1. The quantitative estimate of drug-likeness (QED) is 0.597. The molecule has 0 radical (unpaired) electrons. The number of rotatable bonds is 7. The van der Waals surface area contributed by atoms with Gasteiger partial charge < -0.3 is 5.32 Å². The number of carbonyl (C=O) groups is 1. The average Bonchev–Trinajstić information content (AvgIpc) is 3.27. The zero-order valence-electron chi connectivity index (χ0n) is 16.0. The number of benzene rings is 1. The van der Waals surface area contributed by atoms with Crippen LogP contribution in [-0.2, 0) is 13.2 Å². The van der Waals surface area contributed by atoms with Crippen LogP contribution < -0.4 is 5.32 Å². The Morgan fingerprint density at radius 1 is 1.32 bits per heavy atom. The summed E-state index contributed by atoms with van der Waals surface area (Å²) in [6, 6.07) is 12.3. The number of nitrogens with zero attached hydrogens (tertiary/aromatic N) is 4. The van der Waals surface area contributed by atoms with Crippen LogP contribution in [0.15, 0.2) is 41.8 Å². The Labute approximate surface area is 173 Å². The number of hydrogen-bond donors (Lipinski definition) is 1. The second kappa shape index (κ2) is 7.98. The highest BCUT2D eigenvalue weighted by Crippen LogP contribution is 2.39. The van der Waals surface area contributed by atoms with E-state index in [1.54, 1.807) is 18.4 Å². The van der Waals surface area contributed by atoms with E-state index in [2.05, 4.69) is 33.3 Å². The van der Waals surface area contributed by atoms with Crippen LogP contribution in [-0.4, -0.2) is 39.3 Å². The minimum absolute atomic E-state index is 0.0714. The molecule has 2 aromatic heterocycles. The summed E-state index contributed by atoms with van der Waals surface area (Å²) in [4.78, 5) is 15.0. The van der Waals surface area contributed by atoms with Crippen LogP contribution in [0.5, 0.6) is 0 Å². The zero-order chi connectivity index (χ0) is 19.7. The van der Waals surface area contributed by atoms with E-state index >= 15 is 0 Å². The molecule has 0 bridgehead atoms. The number of carbonyl (C=O) groups excluding carboxylic acids is 1. The van der Waals surface area contributed by atoms with Crippen molar-refractivity contribution in [3.63, 3.8) is 0 Å². The number of hydrogen-bond acceptors (Lipinski definition) is 5. The van der Waals surface area contributed by atoms with Crippen molar-refractivity contribution in [3.8, 4) is 10.7 Å². The predicted octanol–water partition coefficient (Wildman–Crippen LogP) is 3.93. The summed E-state index contributed by atoms with van der Waals surface area (Å²) in [5, 5.41) is 9.55. The fraction of sp³-hybridized carbons (Fsp3) is 0.350. The topological polar surface area (TPSA) is 55.1 Å². The lowest BCUT2D eigenvalue weighted by Gasteiger charge is -2.16. The van der Waals surface area contributed by atoms with E-state index in [-0.39, 0.29) is 5.91 Å². The van der Waals surface area contributed by atoms with Crippen molar-refractivity contribution in [2.45, 2.75) is 32.1 Å². The molecule has 1 aromatic carbocycles. The van der Waals surface area contributed by atoms with Gasteiger partial charge in [-0.05, 0) is 61.2 Å². The first-order valence-electron chi connectivity index (χ1n) is 9.29. The van der Waals surface area contributed by atoms with Crippen molar-refractivity contribution < 1.29 is 4.79 Å². The Morgan fingerprint density at radius 3 is 2.68 bits per heavy atom. The van der Waals surface area contributed by atoms with Gasteiger partial charge in [-0.1, -0.05) is 18.2 Å². The number of aromatic nitrogens is 3. The molecule has 4 rings (SSSR count). The minimum Gasteiger partial charge on any atom is -0.355 e. The van der Waals surface area contributed by atoms with E-state index in [1.165, 1.54) is 12.8 Å². The van der Waals surface area contributed by atoms with Crippen molar-refractivity contribution in [1.29, 1.82) is 0 Å². The molecule has 0 aliphatic heterocycles. The SMILES string of the molecule is CNC(=O)c1ccc(CN(C)Cn2nc(-c3cccs3)n(C3CC3)c2=S)cc1. The van der Waals surface area contributed by atoms with Crippen molar-refractivity contribution in [1.82, 2.24) is 24.6 Å². The number of amides is 1. The molecule has 146 valence electrons. The zero-order valence-corrected chi connectivity index (χ0v) is 17.6. The lowest BCUT2D eigenvalue weighted by molar-refractivity contribution is 0.0963. The smallest absolute Gasteiger partial charge is 0.251 e. The van der Waals surface area contributed by atoms with Crippen LogP contribution in [0.3, 0.4) is 0 Å². The summed E-state index contributed by atoms with van der Waals surface area (Å²) < 4.78 is 4.92. The predicted molar refractivity (Wildman–Crippen MR) is 114 cm³/mol. The van der Waals surface area contributed by atoms with E-state index in [0.29, 0.717) is 18.3 Å². The first-order valence-corrected chi connectivity index (χ1v) is 10.6. The van der Waals surface area contributed by atoms with Crippen molar-refractivity contribution in [3.05, 3.63) is 57.7 Å². The standard InChI is InChI=1S/C20H23N5OS2/c1-21-19(26)15-7-5-14(6-8-15)12-23(2)13-24-20(27)25(16-9-10-16)18(22-24)17-4-3-11-28-17/h3-8,11,16H,9-10,12-13H2,1-2H3,(H,21,26). The second-order valence-electron chi connectivity index (χ2n) is 7.12. The maximum absolute atomic E-state index is 11.7. The van der Waals surface area contributed by atoms with Gasteiger partial charge in [0.25, 0.3) is 5.91 Å². The lowest BCUT2D eigenvalue weighted by Crippen LogP contribution is -2.23. The molecule has 0 spiro atoms. The molecule has 2 heterocycles. The van der Waals surface area contributed by atoms with Gasteiger partial charge in [0.1, 0.15) is 0 Å². The van der Waals surface area contributed by atoms with Gasteiger partial charge in [-0.3, -0.25) is 14.3 Å². The Kier molecular flexibility index (Phi) is 5.43. The largest absolute Gasteiger partial charge is 0.355 e. The van der Waals surface area contributed by atoms with Crippen LogP contribution in [0.1, 0.15) is 34.8 Å². The summed E-state index contributed by atoms with van der Waals surface area (Å²) in [6.45, 7) is 1.37. The van der Waals surface area contributed by atoms with Gasteiger partial charge in [-0.2, -0.15) is 0 Å². The third-order valence-corrected chi connectivity index (χ3v) is 6.07. The lowest BCUT2D eigenvalue weighted by atomic mass is 10.1. The van der Waals surface area contributed by atoms with Crippen molar-refractivity contribution in [2.75, 3.05) is 14.1 Å². The Balaban J connectivity index is 1.50. The normalized spacial score (nSPS) is 13.8. The maximum atomic E-state index is 11.7. The van der Waals surface area contributed by atoms with E-state index in [4.69, 9.17) is 17.3 Å². The van der Waals surface area contributed by atoms with Crippen LogP contribution in [0, 0.1) is 4.77 Å².